The van der Waals surface area contributed by atoms with Gasteiger partial charge in [-0.15, -0.1) is 11.8 Å². The number of nitrogens with zero attached hydrogens (tertiary/aromatic N) is 3. The second-order valence-electron chi connectivity index (χ2n) is 3.69. The van der Waals surface area contributed by atoms with Crippen molar-refractivity contribution in [3.8, 4) is 12.1 Å². The number of anilines is 1. The predicted octanol–water partition coefficient (Wildman–Crippen LogP) is 3.39. The van der Waals surface area contributed by atoms with Gasteiger partial charge in [0.1, 0.15) is 17.9 Å². The molecule has 0 radical (unpaired) electrons. The molecule has 0 unspecified atom stereocenters. The first-order chi connectivity index (χ1) is 9.81. The smallest absolute Gasteiger partial charge is 0.237 e. The summed E-state index contributed by atoms with van der Waals surface area (Å²) in [5.41, 5.74) is 3.17. The molecule has 0 fully saturated rings. The zero-order chi connectivity index (χ0) is 14.2. The highest BCUT2D eigenvalue weighted by atomic mass is 32.2. The van der Waals surface area contributed by atoms with Crippen molar-refractivity contribution in [1.29, 1.82) is 10.5 Å². The highest BCUT2D eigenvalue weighted by Crippen LogP contribution is 2.24. The third-order valence-electron chi connectivity index (χ3n) is 2.32. The van der Waals surface area contributed by atoms with Crippen LogP contribution < -0.4 is 5.43 Å². The second kappa shape index (κ2) is 7.03. The average molecular weight is 282 g/mol. The van der Waals surface area contributed by atoms with Crippen LogP contribution in [-0.4, -0.2) is 5.71 Å². The number of hydrazone groups is 1. The molecule has 0 saturated heterocycles. The molecule has 1 heterocycles. The fraction of sp³-hybridized carbons (Fsp3) is 0.0714. The van der Waals surface area contributed by atoms with Crippen molar-refractivity contribution in [2.45, 2.75) is 10.6 Å². The van der Waals surface area contributed by atoms with E-state index in [1.165, 1.54) is 0 Å². The Hall–Kier alpha value is -2.70. The molecule has 20 heavy (non-hydrogen) atoms. The molecule has 2 rings (SSSR count). The minimum atomic E-state index is -0.207. The molecular weight excluding hydrogens is 272 g/mol. The van der Waals surface area contributed by atoms with Gasteiger partial charge in [-0.1, -0.05) is 0 Å². The Labute approximate surface area is 120 Å². The van der Waals surface area contributed by atoms with Gasteiger partial charge in [-0.3, -0.25) is 5.43 Å². The number of nitriles is 2. The molecule has 1 aromatic carbocycles. The van der Waals surface area contributed by atoms with Crippen molar-refractivity contribution < 1.29 is 4.42 Å². The first kappa shape index (κ1) is 13.7. The van der Waals surface area contributed by atoms with E-state index in [0.717, 1.165) is 22.1 Å². The van der Waals surface area contributed by atoms with E-state index in [9.17, 15) is 0 Å². The number of nitrogens with one attached hydrogen (secondary N) is 1. The zero-order valence-corrected chi connectivity index (χ0v) is 11.2. The van der Waals surface area contributed by atoms with Gasteiger partial charge in [0.05, 0.1) is 17.7 Å². The summed E-state index contributed by atoms with van der Waals surface area (Å²) < 4.78 is 5.26. The summed E-state index contributed by atoms with van der Waals surface area (Å²) in [5, 5.41) is 20.8. The lowest BCUT2D eigenvalue weighted by Gasteiger charge is -2.02. The maximum atomic E-state index is 8.55. The molecule has 5 nitrogen and oxygen atoms in total. The topological polar surface area (TPSA) is 85.1 Å². The van der Waals surface area contributed by atoms with E-state index in [2.05, 4.69) is 10.5 Å². The van der Waals surface area contributed by atoms with Gasteiger partial charge in [0, 0.05) is 4.90 Å². The molecule has 1 N–H and O–H groups in total. The third kappa shape index (κ3) is 3.91. The van der Waals surface area contributed by atoms with Crippen LogP contribution in [0.15, 0.2) is 57.1 Å². The van der Waals surface area contributed by atoms with E-state index in [1.54, 1.807) is 30.2 Å². The van der Waals surface area contributed by atoms with E-state index >= 15 is 0 Å². The lowest BCUT2D eigenvalue weighted by Crippen LogP contribution is -1.95. The SMILES string of the molecule is N#CC(C#N)=NNc1ccc(SCc2ccco2)cc1. The van der Waals surface area contributed by atoms with Crippen molar-refractivity contribution in [3.05, 3.63) is 48.4 Å². The van der Waals surface area contributed by atoms with E-state index in [4.69, 9.17) is 14.9 Å². The van der Waals surface area contributed by atoms with Gasteiger partial charge in [-0.25, -0.2) is 0 Å². The Bertz CT molecular complexity index is 647. The molecule has 0 atom stereocenters. The minimum Gasteiger partial charge on any atom is -0.468 e. The number of hydrogen-bond donors (Lipinski definition) is 1. The summed E-state index contributed by atoms with van der Waals surface area (Å²) in [4.78, 5) is 1.09. The van der Waals surface area contributed by atoms with E-state index < -0.39 is 0 Å². The van der Waals surface area contributed by atoms with Crippen LogP contribution in [0.1, 0.15) is 5.76 Å². The van der Waals surface area contributed by atoms with E-state index in [0.29, 0.717) is 0 Å². The number of hydrogen-bond acceptors (Lipinski definition) is 6. The molecule has 0 aliphatic rings. The van der Waals surface area contributed by atoms with Crippen LogP contribution in [0.4, 0.5) is 5.69 Å². The molecule has 0 aliphatic carbocycles. The van der Waals surface area contributed by atoms with Crippen LogP contribution in [-0.2, 0) is 5.75 Å². The lowest BCUT2D eigenvalue weighted by atomic mass is 10.3. The Balaban J connectivity index is 1.92. The maximum absolute atomic E-state index is 8.55. The molecule has 0 amide bonds. The van der Waals surface area contributed by atoms with E-state index in [1.807, 2.05) is 36.4 Å². The Morgan fingerprint density at radius 2 is 1.95 bits per heavy atom. The normalized spacial score (nSPS) is 9.30. The van der Waals surface area contributed by atoms with Crippen LogP contribution in [0, 0.1) is 22.7 Å². The summed E-state index contributed by atoms with van der Waals surface area (Å²) in [6.07, 6.45) is 1.66. The first-order valence-corrected chi connectivity index (χ1v) is 6.69. The van der Waals surface area contributed by atoms with Gasteiger partial charge in [0.15, 0.2) is 0 Å². The van der Waals surface area contributed by atoms with Crippen molar-refractivity contribution in [3.63, 3.8) is 0 Å². The van der Waals surface area contributed by atoms with Crippen molar-refractivity contribution in [1.82, 2.24) is 0 Å². The van der Waals surface area contributed by atoms with Gasteiger partial charge in [0.2, 0.25) is 5.71 Å². The van der Waals surface area contributed by atoms with Gasteiger partial charge < -0.3 is 4.42 Å². The zero-order valence-electron chi connectivity index (χ0n) is 10.4. The fourth-order valence-corrected chi connectivity index (χ4v) is 2.17. The highest BCUT2D eigenvalue weighted by Gasteiger charge is 1.99. The third-order valence-corrected chi connectivity index (χ3v) is 3.36. The summed E-state index contributed by atoms with van der Waals surface area (Å²) in [5.74, 6) is 1.69. The van der Waals surface area contributed by atoms with Gasteiger partial charge in [-0.05, 0) is 36.4 Å². The lowest BCUT2D eigenvalue weighted by molar-refractivity contribution is 0.530. The van der Waals surface area contributed by atoms with Crippen molar-refractivity contribution in [2.75, 3.05) is 5.43 Å². The monoisotopic (exact) mass is 282 g/mol. The summed E-state index contributed by atoms with van der Waals surface area (Å²) >= 11 is 1.66. The molecule has 98 valence electrons. The molecule has 0 bridgehead atoms. The molecule has 0 saturated carbocycles. The quantitative estimate of drug-likeness (QED) is 0.516. The largest absolute Gasteiger partial charge is 0.468 e. The molecule has 0 spiro atoms. The summed E-state index contributed by atoms with van der Waals surface area (Å²) in [7, 11) is 0. The Morgan fingerprint density at radius 1 is 1.20 bits per heavy atom. The van der Waals surface area contributed by atoms with E-state index in [-0.39, 0.29) is 5.71 Å². The Morgan fingerprint density at radius 3 is 2.55 bits per heavy atom. The Kier molecular flexibility index (Phi) is 4.82. The van der Waals surface area contributed by atoms with Gasteiger partial charge in [-0.2, -0.15) is 15.6 Å². The second-order valence-corrected chi connectivity index (χ2v) is 4.74. The average Bonchev–Trinajstić information content (AvgIpc) is 3.01. The standard InChI is InChI=1S/C14H10N4OS/c15-8-12(9-16)18-17-11-3-5-14(6-4-11)20-10-13-2-1-7-19-13/h1-7,17H,10H2. The molecule has 2 aromatic rings. The summed E-state index contributed by atoms with van der Waals surface area (Å²) in [6.45, 7) is 0. The number of rotatable bonds is 5. The molecular formula is C14H10N4OS. The first-order valence-electron chi connectivity index (χ1n) is 5.71. The number of furan rings is 1. The van der Waals surface area contributed by atoms with Crippen LogP contribution in [0.25, 0.3) is 0 Å². The fourth-order valence-electron chi connectivity index (χ4n) is 1.37. The minimum absolute atomic E-state index is 0.207. The van der Waals surface area contributed by atoms with Gasteiger partial charge >= 0.3 is 0 Å². The van der Waals surface area contributed by atoms with Crippen molar-refractivity contribution >= 4 is 23.2 Å². The number of benzene rings is 1. The summed E-state index contributed by atoms with van der Waals surface area (Å²) in [6, 6.07) is 14.7. The predicted molar refractivity (Wildman–Crippen MR) is 77.0 cm³/mol. The molecule has 1 aromatic heterocycles. The van der Waals surface area contributed by atoms with Gasteiger partial charge in [0.25, 0.3) is 0 Å². The maximum Gasteiger partial charge on any atom is 0.237 e. The molecule has 0 aliphatic heterocycles. The van der Waals surface area contributed by atoms with Crippen LogP contribution in [0.5, 0.6) is 0 Å². The van der Waals surface area contributed by atoms with Crippen molar-refractivity contribution in [2.24, 2.45) is 5.10 Å². The highest BCUT2D eigenvalue weighted by molar-refractivity contribution is 7.98. The van der Waals surface area contributed by atoms with Crippen LogP contribution in [0.2, 0.25) is 0 Å². The number of thioether (sulfide) groups is 1. The van der Waals surface area contributed by atoms with Crippen LogP contribution in [0.3, 0.4) is 0 Å². The molecule has 6 heteroatoms. The van der Waals surface area contributed by atoms with Crippen LogP contribution >= 0.6 is 11.8 Å².